The maximum Gasteiger partial charge on any atom is 0.314 e. The molecule has 0 unspecified atom stereocenters. The van der Waals surface area contributed by atoms with Crippen molar-refractivity contribution in [3.8, 4) is 11.1 Å². The topological polar surface area (TPSA) is 40.5 Å². The first-order valence-corrected chi connectivity index (χ1v) is 7.15. The summed E-state index contributed by atoms with van der Waals surface area (Å²) >= 11 is 0. The summed E-state index contributed by atoms with van der Waals surface area (Å²) in [6.07, 6.45) is 1.50. The molecule has 1 aliphatic rings. The lowest BCUT2D eigenvalue weighted by Gasteiger charge is -2.13. The number of anilines is 1. The molecule has 3 nitrogen and oxygen atoms in total. The number of benzene rings is 2. The fraction of sp³-hybridized carbons (Fsp3) is 0.278. The van der Waals surface area contributed by atoms with Crippen LogP contribution in [0.3, 0.4) is 0 Å². The van der Waals surface area contributed by atoms with E-state index in [4.69, 9.17) is 0 Å². The van der Waals surface area contributed by atoms with E-state index in [1.54, 1.807) is 0 Å². The van der Waals surface area contributed by atoms with E-state index in [1.807, 2.05) is 38.4 Å². The molecule has 108 valence electrons. The Hall–Kier alpha value is -2.29. The maximum absolute atomic E-state index is 11.3. The van der Waals surface area contributed by atoms with Crippen molar-refractivity contribution in [1.82, 2.24) is 0 Å². The lowest BCUT2D eigenvalue weighted by Crippen LogP contribution is -2.19. The zero-order valence-electron chi connectivity index (χ0n) is 12.3. The molecule has 1 N–H and O–H groups in total. The van der Waals surface area contributed by atoms with Crippen LogP contribution in [0.4, 0.5) is 5.69 Å². The van der Waals surface area contributed by atoms with Crippen LogP contribution in [0, 0.1) is 0 Å². The molecule has 0 bridgehead atoms. The minimum atomic E-state index is -0.703. The van der Waals surface area contributed by atoms with Gasteiger partial charge in [-0.25, -0.2) is 0 Å². The third-order valence-electron chi connectivity index (χ3n) is 4.31. The highest BCUT2D eigenvalue weighted by Gasteiger charge is 2.51. The fourth-order valence-corrected chi connectivity index (χ4v) is 2.68. The molecule has 3 rings (SSSR count). The van der Waals surface area contributed by atoms with Gasteiger partial charge in [0.05, 0.1) is 5.41 Å². The monoisotopic (exact) mass is 281 g/mol. The predicted octanol–water partition coefficient (Wildman–Crippen LogP) is 3.54. The van der Waals surface area contributed by atoms with Crippen molar-refractivity contribution >= 4 is 11.7 Å². The number of carboxylic acids is 1. The zero-order chi connectivity index (χ0) is 15.0. The molecule has 0 heterocycles. The molecular formula is C18H19NO2. The molecule has 0 aromatic heterocycles. The van der Waals surface area contributed by atoms with Crippen LogP contribution in [0.2, 0.25) is 0 Å². The van der Waals surface area contributed by atoms with Crippen LogP contribution in [0.15, 0.2) is 48.5 Å². The first kappa shape index (κ1) is 13.7. The number of carbonyl (C=O) groups is 1. The number of nitrogens with zero attached hydrogens (tertiary/aromatic N) is 1. The Morgan fingerprint density at radius 1 is 0.952 bits per heavy atom. The van der Waals surface area contributed by atoms with Crippen LogP contribution in [-0.2, 0) is 10.2 Å². The average molecular weight is 281 g/mol. The second kappa shape index (κ2) is 4.92. The second-order valence-electron chi connectivity index (χ2n) is 5.91. The van der Waals surface area contributed by atoms with Gasteiger partial charge in [-0.2, -0.15) is 0 Å². The summed E-state index contributed by atoms with van der Waals surface area (Å²) in [5.41, 5.74) is 3.73. The van der Waals surface area contributed by atoms with Gasteiger partial charge in [0.1, 0.15) is 0 Å². The van der Waals surface area contributed by atoms with Crippen molar-refractivity contribution in [1.29, 1.82) is 0 Å². The van der Waals surface area contributed by atoms with Crippen LogP contribution < -0.4 is 4.90 Å². The normalized spacial score (nSPS) is 15.5. The summed E-state index contributed by atoms with van der Waals surface area (Å²) in [4.78, 5) is 13.4. The third-order valence-corrected chi connectivity index (χ3v) is 4.31. The van der Waals surface area contributed by atoms with E-state index >= 15 is 0 Å². The van der Waals surface area contributed by atoms with Gasteiger partial charge < -0.3 is 10.0 Å². The first-order chi connectivity index (χ1) is 10.0. The molecule has 0 radical (unpaired) electrons. The Balaban J connectivity index is 1.86. The van der Waals surface area contributed by atoms with Crippen molar-refractivity contribution in [3.63, 3.8) is 0 Å². The molecule has 2 aromatic rings. The molecule has 1 saturated carbocycles. The average Bonchev–Trinajstić information content (AvgIpc) is 3.29. The van der Waals surface area contributed by atoms with Gasteiger partial charge >= 0.3 is 5.97 Å². The molecular weight excluding hydrogens is 262 g/mol. The molecule has 1 fully saturated rings. The standard InChI is InChI=1S/C18H19NO2/c1-19(2)16-9-5-14(6-10-16)13-3-7-15(8-4-13)18(11-12-18)17(20)21/h3-10H,11-12H2,1-2H3,(H,20,21). The van der Waals surface area contributed by atoms with Gasteiger partial charge in [-0.3, -0.25) is 4.79 Å². The SMILES string of the molecule is CN(C)c1ccc(-c2ccc(C3(C(=O)O)CC3)cc2)cc1. The first-order valence-electron chi connectivity index (χ1n) is 7.15. The number of carboxylic acid groups (broad SMARTS) is 1. The quantitative estimate of drug-likeness (QED) is 0.932. The van der Waals surface area contributed by atoms with Gasteiger partial charge in [-0.15, -0.1) is 0 Å². The summed E-state index contributed by atoms with van der Waals surface area (Å²) in [6.45, 7) is 0. The summed E-state index contributed by atoms with van der Waals surface area (Å²) in [5, 5.41) is 9.32. The minimum Gasteiger partial charge on any atom is -0.481 e. The molecule has 3 heteroatoms. The molecule has 0 spiro atoms. The lowest BCUT2D eigenvalue weighted by atomic mass is 9.94. The number of rotatable bonds is 4. The van der Waals surface area contributed by atoms with Crippen LogP contribution >= 0.6 is 0 Å². The van der Waals surface area contributed by atoms with Gasteiger partial charge in [-0.1, -0.05) is 36.4 Å². The highest BCUT2D eigenvalue weighted by atomic mass is 16.4. The summed E-state index contributed by atoms with van der Waals surface area (Å²) in [6, 6.07) is 16.3. The molecule has 21 heavy (non-hydrogen) atoms. The minimum absolute atomic E-state index is 0.618. The van der Waals surface area contributed by atoms with Crippen molar-refractivity contribution in [2.24, 2.45) is 0 Å². The van der Waals surface area contributed by atoms with E-state index in [0.29, 0.717) is 0 Å². The maximum atomic E-state index is 11.3. The lowest BCUT2D eigenvalue weighted by molar-refractivity contribution is -0.140. The highest BCUT2D eigenvalue weighted by molar-refractivity contribution is 5.85. The van der Waals surface area contributed by atoms with Gasteiger partial charge in [0.15, 0.2) is 0 Å². The number of hydrogen-bond donors (Lipinski definition) is 1. The van der Waals surface area contributed by atoms with E-state index < -0.39 is 11.4 Å². The van der Waals surface area contributed by atoms with Gasteiger partial charge in [0.2, 0.25) is 0 Å². The number of aliphatic carboxylic acids is 1. The van der Waals surface area contributed by atoms with Gasteiger partial charge in [0.25, 0.3) is 0 Å². The Bertz CT molecular complexity index is 653. The second-order valence-corrected chi connectivity index (χ2v) is 5.91. The van der Waals surface area contributed by atoms with Crippen LogP contribution in [0.5, 0.6) is 0 Å². The van der Waals surface area contributed by atoms with Crippen molar-refractivity contribution < 1.29 is 9.90 Å². The molecule has 0 aliphatic heterocycles. The van der Waals surface area contributed by atoms with Crippen molar-refractivity contribution in [2.45, 2.75) is 18.3 Å². The Morgan fingerprint density at radius 2 is 1.43 bits per heavy atom. The van der Waals surface area contributed by atoms with Crippen LogP contribution in [-0.4, -0.2) is 25.2 Å². The molecule has 2 aromatic carbocycles. The fourth-order valence-electron chi connectivity index (χ4n) is 2.68. The molecule has 0 saturated heterocycles. The summed E-state index contributed by atoms with van der Waals surface area (Å²) in [5.74, 6) is -0.703. The summed E-state index contributed by atoms with van der Waals surface area (Å²) < 4.78 is 0. The Labute approximate surface area is 124 Å². The smallest absolute Gasteiger partial charge is 0.314 e. The summed E-state index contributed by atoms with van der Waals surface area (Å²) in [7, 11) is 4.04. The van der Waals surface area contributed by atoms with E-state index in [9.17, 15) is 9.90 Å². The molecule has 0 amide bonds. The largest absolute Gasteiger partial charge is 0.481 e. The molecule has 1 aliphatic carbocycles. The Morgan fingerprint density at radius 3 is 1.81 bits per heavy atom. The van der Waals surface area contributed by atoms with Gasteiger partial charge in [-0.05, 0) is 41.7 Å². The van der Waals surface area contributed by atoms with Crippen molar-refractivity contribution in [2.75, 3.05) is 19.0 Å². The zero-order valence-corrected chi connectivity index (χ0v) is 12.3. The molecule has 0 atom stereocenters. The van der Waals surface area contributed by atoms with E-state index in [1.165, 1.54) is 0 Å². The predicted molar refractivity (Wildman–Crippen MR) is 84.8 cm³/mol. The van der Waals surface area contributed by atoms with E-state index in [2.05, 4.69) is 29.2 Å². The van der Waals surface area contributed by atoms with Crippen molar-refractivity contribution in [3.05, 3.63) is 54.1 Å². The number of hydrogen-bond acceptors (Lipinski definition) is 2. The van der Waals surface area contributed by atoms with Gasteiger partial charge in [0, 0.05) is 19.8 Å². The Kier molecular flexibility index (Phi) is 3.20. The van der Waals surface area contributed by atoms with E-state index in [-0.39, 0.29) is 0 Å². The van der Waals surface area contributed by atoms with E-state index in [0.717, 1.165) is 35.2 Å². The third kappa shape index (κ3) is 2.40. The highest BCUT2D eigenvalue weighted by Crippen LogP contribution is 2.48. The van der Waals surface area contributed by atoms with Crippen LogP contribution in [0.1, 0.15) is 18.4 Å². The van der Waals surface area contributed by atoms with Crippen LogP contribution in [0.25, 0.3) is 11.1 Å².